The quantitative estimate of drug-likeness (QED) is 0.294. The van der Waals surface area contributed by atoms with Gasteiger partial charge in [-0.2, -0.15) is 0 Å². The van der Waals surface area contributed by atoms with Crippen molar-refractivity contribution in [1.82, 2.24) is 9.88 Å². The minimum atomic E-state index is -0.187. The number of nitrogen functional groups attached to an aromatic ring is 1. The summed E-state index contributed by atoms with van der Waals surface area (Å²) in [5.74, 6) is 0.0612. The molecule has 1 atom stereocenters. The SMILES string of the molecule is C=CC(=O)C(C)C.CCCC(=N)C1=C(N)CCN(C(=O)c2cnc(Br)cc2N)C1CC. The molecule has 0 saturated carbocycles. The zero-order valence-electron chi connectivity index (χ0n) is 18.9. The Morgan fingerprint density at radius 1 is 1.39 bits per heavy atom. The summed E-state index contributed by atoms with van der Waals surface area (Å²) in [5.41, 5.74) is 15.0. The first-order chi connectivity index (χ1) is 14.6. The lowest BCUT2D eigenvalue weighted by atomic mass is 9.89. The number of amides is 1. The van der Waals surface area contributed by atoms with Crippen LogP contribution in [0.3, 0.4) is 0 Å². The van der Waals surface area contributed by atoms with Crippen LogP contribution in [0.2, 0.25) is 0 Å². The zero-order chi connectivity index (χ0) is 23.7. The average molecular weight is 492 g/mol. The maximum Gasteiger partial charge on any atom is 0.258 e. The van der Waals surface area contributed by atoms with Gasteiger partial charge in [-0.25, -0.2) is 4.98 Å². The van der Waals surface area contributed by atoms with Crippen LogP contribution in [-0.4, -0.2) is 39.9 Å². The molecule has 1 aliphatic heterocycles. The maximum absolute atomic E-state index is 13.0. The molecular weight excluding hydrogens is 458 g/mol. The molecule has 0 aliphatic carbocycles. The third-order valence-corrected chi connectivity index (χ3v) is 5.49. The van der Waals surface area contributed by atoms with E-state index in [1.54, 1.807) is 11.0 Å². The minimum Gasteiger partial charge on any atom is -0.402 e. The molecule has 2 heterocycles. The first-order valence-electron chi connectivity index (χ1n) is 10.5. The summed E-state index contributed by atoms with van der Waals surface area (Å²) in [4.78, 5) is 29.3. The molecule has 1 aromatic heterocycles. The monoisotopic (exact) mass is 491 g/mol. The number of carbonyl (C=O) groups excluding carboxylic acids is 2. The number of pyridine rings is 1. The van der Waals surface area contributed by atoms with Crippen molar-refractivity contribution in [2.24, 2.45) is 11.7 Å². The Labute approximate surface area is 193 Å². The van der Waals surface area contributed by atoms with E-state index >= 15 is 0 Å². The van der Waals surface area contributed by atoms with Crippen molar-refractivity contribution in [3.05, 3.63) is 46.4 Å². The van der Waals surface area contributed by atoms with E-state index in [9.17, 15) is 9.59 Å². The number of nitrogens with two attached hydrogens (primary N) is 2. The van der Waals surface area contributed by atoms with E-state index < -0.39 is 0 Å². The van der Waals surface area contributed by atoms with Gasteiger partial charge in [-0.15, -0.1) is 0 Å². The second-order valence-electron chi connectivity index (χ2n) is 7.70. The number of aromatic nitrogens is 1. The van der Waals surface area contributed by atoms with Crippen molar-refractivity contribution in [3.63, 3.8) is 0 Å². The number of anilines is 1. The summed E-state index contributed by atoms with van der Waals surface area (Å²) in [6.07, 6.45) is 5.67. The Balaban J connectivity index is 0.000000592. The van der Waals surface area contributed by atoms with Crippen LogP contribution >= 0.6 is 15.9 Å². The maximum atomic E-state index is 13.0. The van der Waals surface area contributed by atoms with Crippen LogP contribution in [0.25, 0.3) is 0 Å². The van der Waals surface area contributed by atoms with Gasteiger partial charge < -0.3 is 21.8 Å². The minimum absolute atomic E-state index is 0.109. The van der Waals surface area contributed by atoms with Crippen molar-refractivity contribution in [3.8, 4) is 0 Å². The van der Waals surface area contributed by atoms with Gasteiger partial charge in [0, 0.05) is 47.7 Å². The van der Waals surface area contributed by atoms with Crippen LogP contribution in [-0.2, 0) is 4.79 Å². The summed E-state index contributed by atoms with van der Waals surface area (Å²) in [6.45, 7) is 11.6. The molecule has 1 unspecified atom stereocenters. The number of nitrogens with one attached hydrogen (secondary N) is 1. The largest absolute Gasteiger partial charge is 0.402 e. The van der Waals surface area contributed by atoms with Crippen molar-refractivity contribution < 1.29 is 9.59 Å². The number of halogens is 1. The molecule has 8 heteroatoms. The van der Waals surface area contributed by atoms with Gasteiger partial charge in [0.1, 0.15) is 4.60 Å². The number of carbonyl (C=O) groups is 2. The highest BCUT2D eigenvalue weighted by molar-refractivity contribution is 9.10. The lowest BCUT2D eigenvalue weighted by Crippen LogP contribution is -2.47. The van der Waals surface area contributed by atoms with Gasteiger partial charge in [0.25, 0.3) is 5.91 Å². The molecule has 7 nitrogen and oxygen atoms in total. The molecular formula is C23H34BrN5O2. The fraction of sp³-hybridized carbons (Fsp3) is 0.478. The molecule has 0 fully saturated rings. The third-order valence-electron chi connectivity index (χ3n) is 5.05. The number of nitrogens with zero attached hydrogens (tertiary/aromatic N) is 2. The molecule has 0 saturated heterocycles. The van der Waals surface area contributed by atoms with Crippen molar-refractivity contribution in [2.45, 2.75) is 59.4 Å². The first kappa shape index (κ1) is 26.6. The van der Waals surface area contributed by atoms with Gasteiger partial charge in [0.05, 0.1) is 11.6 Å². The van der Waals surface area contributed by atoms with Crippen molar-refractivity contribution >= 4 is 39.0 Å². The Kier molecular flexibility index (Phi) is 10.6. The molecule has 31 heavy (non-hydrogen) atoms. The predicted octanol–water partition coefficient (Wildman–Crippen LogP) is 4.48. The van der Waals surface area contributed by atoms with Crippen LogP contribution in [0.4, 0.5) is 5.69 Å². The van der Waals surface area contributed by atoms with Crippen molar-refractivity contribution in [1.29, 1.82) is 5.41 Å². The van der Waals surface area contributed by atoms with Gasteiger partial charge in [-0.1, -0.05) is 40.7 Å². The Bertz CT molecular complexity index is 864. The Morgan fingerprint density at radius 3 is 2.48 bits per heavy atom. The highest BCUT2D eigenvalue weighted by Crippen LogP contribution is 2.29. The summed E-state index contributed by atoms with van der Waals surface area (Å²) < 4.78 is 0.594. The molecule has 1 amide bonds. The molecule has 2 rings (SSSR count). The number of ketones is 1. The van der Waals surface area contributed by atoms with Gasteiger partial charge in [0.2, 0.25) is 0 Å². The normalized spacial score (nSPS) is 15.9. The molecule has 5 N–H and O–H groups in total. The van der Waals surface area contributed by atoms with Crippen LogP contribution in [0.1, 0.15) is 63.7 Å². The van der Waals surface area contributed by atoms with E-state index in [-0.39, 0.29) is 23.7 Å². The van der Waals surface area contributed by atoms with E-state index in [0.29, 0.717) is 47.4 Å². The molecule has 0 bridgehead atoms. The fourth-order valence-corrected chi connectivity index (χ4v) is 3.71. The van der Waals surface area contributed by atoms with E-state index in [0.717, 1.165) is 17.7 Å². The Morgan fingerprint density at radius 2 is 2.03 bits per heavy atom. The highest BCUT2D eigenvalue weighted by Gasteiger charge is 2.33. The van der Waals surface area contributed by atoms with Crippen LogP contribution in [0, 0.1) is 11.3 Å². The highest BCUT2D eigenvalue weighted by atomic mass is 79.9. The third kappa shape index (κ3) is 7.02. The number of rotatable bonds is 7. The van der Waals surface area contributed by atoms with Gasteiger partial charge in [-0.05, 0) is 40.9 Å². The van der Waals surface area contributed by atoms with E-state index in [2.05, 4.69) is 27.5 Å². The van der Waals surface area contributed by atoms with Crippen molar-refractivity contribution in [2.75, 3.05) is 12.3 Å². The number of hydrogen-bond donors (Lipinski definition) is 3. The van der Waals surface area contributed by atoms with E-state index in [1.807, 2.05) is 27.7 Å². The van der Waals surface area contributed by atoms with Gasteiger partial charge >= 0.3 is 0 Å². The molecule has 170 valence electrons. The predicted molar refractivity (Wildman–Crippen MR) is 130 cm³/mol. The summed E-state index contributed by atoms with van der Waals surface area (Å²) in [5, 5.41) is 8.33. The molecule has 0 aromatic carbocycles. The van der Waals surface area contributed by atoms with Crippen LogP contribution < -0.4 is 11.5 Å². The lowest BCUT2D eigenvalue weighted by molar-refractivity contribution is -0.117. The summed E-state index contributed by atoms with van der Waals surface area (Å²) in [7, 11) is 0. The Hall–Kier alpha value is -2.48. The van der Waals surface area contributed by atoms with Gasteiger partial charge in [0.15, 0.2) is 5.78 Å². The zero-order valence-corrected chi connectivity index (χ0v) is 20.5. The topological polar surface area (TPSA) is 126 Å². The summed E-state index contributed by atoms with van der Waals surface area (Å²) in [6, 6.07) is 1.44. The van der Waals surface area contributed by atoms with E-state index in [1.165, 1.54) is 12.3 Å². The van der Waals surface area contributed by atoms with Crippen LogP contribution in [0.15, 0.2) is 40.8 Å². The van der Waals surface area contributed by atoms with Crippen LogP contribution in [0.5, 0.6) is 0 Å². The lowest BCUT2D eigenvalue weighted by Gasteiger charge is -2.38. The second kappa shape index (κ2) is 12.4. The molecule has 1 aliphatic rings. The number of allylic oxidation sites excluding steroid dienone is 1. The molecule has 0 radical (unpaired) electrons. The van der Waals surface area contributed by atoms with Gasteiger partial charge in [-0.3, -0.25) is 9.59 Å². The van der Waals surface area contributed by atoms with E-state index in [4.69, 9.17) is 16.9 Å². The second-order valence-corrected chi connectivity index (χ2v) is 8.51. The average Bonchev–Trinajstić information content (AvgIpc) is 2.72. The molecule has 1 aromatic rings. The standard InChI is InChI=1S/C17H24BrN5O.C6H10O/c1-3-5-11(19)16-12(20)6-7-23(14(16)4-2)17(24)10-9-22-15(18)8-13(10)21;1-4-6(7)5(2)3/h8-9,14,19H,3-7,20H2,1-2H3,(H2,21,22);4-5H,1H2,2-3H3. The summed E-state index contributed by atoms with van der Waals surface area (Å²) >= 11 is 3.25. The first-order valence-corrected chi connectivity index (χ1v) is 11.3. The fourth-order valence-electron chi connectivity index (χ4n) is 3.36. The number of hydrogen-bond acceptors (Lipinski definition) is 6. The smallest absolute Gasteiger partial charge is 0.258 e. The molecule has 0 spiro atoms.